The number of hydrogen-bond donors (Lipinski definition) is 0. The molecule has 18 heavy (non-hydrogen) atoms. The van der Waals surface area contributed by atoms with Gasteiger partial charge in [0.15, 0.2) is 5.78 Å². The van der Waals surface area contributed by atoms with E-state index in [4.69, 9.17) is 0 Å². The Morgan fingerprint density at radius 1 is 1.17 bits per heavy atom. The van der Waals surface area contributed by atoms with Crippen LogP contribution in [0.1, 0.15) is 31.2 Å². The van der Waals surface area contributed by atoms with Crippen LogP contribution in [0.15, 0.2) is 30.3 Å². The maximum absolute atomic E-state index is 12.5. The van der Waals surface area contributed by atoms with Gasteiger partial charge in [-0.2, -0.15) is 0 Å². The Morgan fingerprint density at radius 3 is 2.28 bits per heavy atom. The Morgan fingerprint density at radius 2 is 1.78 bits per heavy atom. The van der Waals surface area contributed by atoms with Gasteiger partial charge in [0.2, 0.25) is 0 Å². The monoisotopic (exact) mass is 256 g/mol. The van der Waals surface area contributed by atoms with Gasteiger partial charge in [-0.15, -0.1) is 11.3 Å². The molecule has 3 rings (SSSR count). The summed E-state index contributed by atoms with van der Waals surface area (Å²) in [5.74, 6) is 0.479. The largest absolute Gasteiger partial charge is 0.293 e. The van der Waals surface area contributed by atoms with Crippen LogP contribution in [0.25, 0.3) is 0 Å². The molecule has 0 bridgehead atoms. The number of fused-ring (bicyclic) bond motifs is 1. The third-order valence-corrected chi connectivity index (χ3v) is 5.00. The summed E-state index contributed by atoms with van der Waals surface area (Å²) in [6.45, 7) is 4.16. The number of Topliss-reactive ketones (excluding diaryl/α,β-unsaturated/α-hetero) is 1. The minimum absolute atomic E-state index is 0.153. The lowest BCUT2D eigenvalue weighted by molar-refractivity contribution is 0.0929. The van der Waals surface area contributed by atoms with Crippen LogP contribution in [-0.2, 0) is 12.8 Å². The molecule has 1 heterocycles. The van der Waals surface area contributed by atoms with Crippen LogP contribution in [0.5, 0.6) is 0 Å². The van der Waals surface area contributed by atoms with E-state index in [0.29, 0.717) is 5.78 Å². The molecule has 0 atom stereocenters. The van der Waals surface area contributed by atoms with Crippen LogP contribution in [-0.4, -0.2) is 5.78 Å². The summed E-state index contributed by atoms with van der Waals surface area (Å²) < 4.78 is 0. The van der Waals surface area contributed by atoms with Crippen LogP contribution < -0.4 is 0 Å². The van der Waals surface area contributed by atoms with Crippen molar-refractivity contribution in [2.45, 2.75) is 26.7 Å². The number of thiophene rings is 1. The molecule has 0 N–H and O–H groups in total. The maximum atomic E-state index is 12.5. The minimum Gasteiger partial charge on any atom is -0.293 e. The highest BCUT2D eigenvalue weighted by Crippen LogP contribution is 2.31. The van der Waals surface area contributed by atoms with Crippen molar-refractivity contribution in [2.24, 2.45) is 5.92 Å². The molecule has 0 amide bonds. The lowest BCUT2D eigenvalue weighted by Gasteiger charge is -2.05. The van der Waals surface area contributed by atoms with Crippen LogP contribution in [0.3, 0.4) is 0 Å². The molecule has 2 heteroatoms. The van der Waals surface area contributed by atoms with Crippen molar-refractivity contribution in [3.63, 3.8) is 0 Å². The van der Waals surface area contributed by atoms with E-state index in [1.54, 1.807) is 11.3 Å². The minimum atomic E-state index is 0.153. The lowest BCUT2D eigenvalue weighted by atomic mass is 9.99. The number of benzene rings is 1. The number of ketones is 1. The van der Waals surface area contributed by atoms with Gasteiger partial charge in [0.1, 0.15) is 0 Å². The fraction of sp³-hybridized carbons (Fsp3) is 0.312. The zero-order chi connectivity index (χ0) is 12.7. The Bertz CT molecular complexity index is 565. The summed E-state index contributed by atoms with van der Waals surface area (Å²) in [6, 6.07) is 10.5. The van der Waals surface area contributed by atoms with Crippen LogP contribution in [0.4, 0.5) is 0 Å². The molecule has 0 spiro atoms. The highest BCUT2D eigenvalue weighted by molar-refractivity contribution is 7.14. The molecule has 2 aromatic rings. The van der Waals surface area contributed by atoms with Gasteiger partial charge < -0.3 is 0 Å². The standard InChI is InChI=1S/C16H16OS/c1-10-7-15(18-11(10)2)16(17)14-8-12-5-3-4-6-13(12)9-14/h3-7,14H,8-9H2,1-2H3. The molecule has 0 saturated heterocycles. The van der Waals surface area contributed by atoms with Gasteiger partial charge in [0, 0.05) is 10.8 Å². The predicted molar refractivity (Wildman–Crippen MR) is 75.5 cm³/mol. The van der Waals surface area contributed by atoms with E-state index in [0.717, 1.165) is 17.7 Å². The second-order valence-electron chi connectivity index (χ2n) is 5.09. The summed E-state index contributed by atoms with van der Waals surface area (Å²) in [5.41, 5.74) is 3.93. The Labute approximate surface area is 111 Å². The smallest absolute Gasteiger partial charge is 0.176 e. The topological polar surface area (TPSA) is 17.1 Å². The predicted octanol–water partition coefficient (Wildman–Crippen LogP) is 3.96. The van der Waals surface area contributed by atoms with Crippen molar-refractivity contribution in [2.75, 3.05) is 0 Å². The van der Waals surface area contributed by atoms with Crippen molar-refractivity contribution in [1.29, 1.82) is 0 Å². The second-order valence-corrected chi connectivity index (χ2v) is 6.34. The Kier molecular flexibility index (Phi) is 2.83. The molecule has 0 fully saturated rings. The Hall–Kier alpha value is -1.41. The number of carbonyl (C=O) groups is 1. The van der Waals surface area contributed by atoms with Gasteiger partial charge in [-0.1, -0.05) is 24.3 Å². The van der Waals surface area contributed by atoms with E-state index in [-0.39, 0.29) is 5.92 Å². The molecule has 1 nitrogen and oxygen atoms in total. The third kappa shape index (κ3) is 1.91. The first-order valence-corrected chi connectivity index (χ1v) is 7.15. The van der Waals surface area contributed by atoms with Gasteiger partial charge in [-0.3, -0.25) is 4.79 Å². The van der Waals surface area contributed by atoms with Crippen molar-refractivity contribution >= 4 is 17.1 Å². The highest BCUT2D eigenvalue weighted by Gasteiger charge is 2.28. The van der Waals surface area contributed by atoms with E-state index >= 15 is 0 Å². The average molecular weight is 256 g/mol. The first kappa shape index (κ1) is 11.7. The van der Waals surface area contributed by atoms with Gasteiger partial charge in [-0.05, 0) is 49.4 Å². The van der Waals surface area contributed by atoms with Gasteiger partial charge in [0.05, 0.1) is 4.88 Å². The molecule has 0 unspecified atom stereocenters. The van der Waals surface area contributed by atoms with Crippen LogP contribution in [0.2, 0.25) is 0 Å². The lowest BCUT2D eigenvalue weighted by Crippen LogP contribution is -2.13. The summed E-state index contributed by atoms with van der Waals surface area (Å²) in [7, 11) is 0. The van der Waals surface area contributed by atoms with Crippen LogP contribution >= 0.6 is 11.3 Å². The van der Waals surface area contributed by atoms with Gasteiger partial charge in [0.25, 0.3) is 0 Å². The number of hydrogen-bond acceptors (Lipinski definition) is 2. The van der Waals surface area contributed by atoms with E-state index in [1.807, 2.05) is 6.07 Å². The quantitative estimate of drug-likeness (QED) is 0.743. The van der Waals surface area contributed by atoms with Gasteiger partial charge in [-0.25, -0.2) is 0 Å². The molecule has 1 aliphatic rings. The molecule has 1 aromatic heterocycles. The third-order valence-electron chi connectivity index (χ3n) is 3.83. The zero-order valence-corrected chi connectivity index (χ0v) is 11.5. The number of carbonyl (C=O) groups excluding carboxylic acids is 1. The van der Waals surface area contributed by atoms with E-state index in [9.17, 15) is 4.79 Å². The average Bonchev–Trinajstić information content (AvgIpc) is 2.93. The van der Waals surface area contributed by atoms with Crippen molar-refractivity contribution in [1.82, 2.24) is 0 Å². The fourth-order valence-corrected chi connectivity index (χ4v) is 3.69. The normalized spacial score (nSPS) is 14.8. The fourth-order valence-electron chi connectivity index (χ4n) is 2.64. The van der Waals surface area contributed by atoms with Crippen molar-refractivity contribution in [3.05, 3.63) is 56.8 Å². The highest BCUT2D eigenvalue weighted by atomic mass is 32.1. The molecule has 1 aromatic carbocycles. The molecule has 0 saturated carbocycles. The van der Waals surface area contributed by atoms with Crippen molar-refractivity contribution < 1.29 is 4.79 Å². The SMILES string of the molecule is Cc1cc(C(=O)C2Cc3ccccc3C2)sc1C. The molecule has 1 aliphatic carbocycles. The number of aryl methyl sites for hydroxylation is 2. The van der Waals surface area contributed by atoms with E-state index in [1.165, 1.54) is 21.6 Å². The Balaban J connectivity index is 1.84. The molecular weight excluding hydrogens is 240 g/mol. The summed E-state index contributed by atoms with van der Waals surface area (Å²) >= 11 is 1.64. The summed E-state index contributed by atoms with van der Waals surface area (Å²) in [6.07, 6.45) is 1.82. The maximum Gasteiger partial charge on any atom is 0.176 e. The first-order valence-electron chi connectivity index (χ1n) is 6.33. The molecule has 0 aliphatic heterocycles. The summed E-state index contributed by atoms with van der Waals surface area (Å²) in [5, 5.41) is 0. The number of rotatable bonds is 2. The van der Waals surface area contributed by atoms with Gasteiger partial charge >= 0.3 is 0 Å². The van der Waals surface area contributed by atoms with Crippen molar-refractivity contribution in [3.8, 4) is 0 Å². The second kappa shape index (κ2) is 4.36. The van der Waals surface area contributed by atoms with Crippen LogP contribution in [0, 0.1) is 19.8 Å². The molecule has 0 radical (unpaired) electrons. The molecular formula is C16H16OS. The summed E-state index contributed by atoms with van der Waals surface area (Å²) in [4.78, 5) is 14.7. The van der Waals surface area contributed by atoms with E-state index in [2.05, 4.69) is 38.1 Å². The van der Waals surface area contributed by atoms with E-state index < -0.39 is 0 Å². The zero-order valence-electron chi connectivity index (χ0n) is 10.7. The molecule has 92 valence electrons. The first-order chi connectivity index (χ1) is 8.65.